The van der Waals surface area contributed by atoms with Gasteiger partial charge in [-0.3, -0.25) is 0 Å². The standard InChI is InChI=1S/C11H20ClN5/c1-8(2)6-7-17(5)11-14-9(12)13-10(15-11)16(3)4/h8H,6-7H2,1-5H3. The summed E-state index contributed by atoms with van der Waals surface area (Å²) in [5.41, 5.74) is 0. The maximum Gasteiger partial charge on any atom is 0.231 e. The molecule has 0 saturated carbocycles. The van der Waals surface area contributed by atoms with Gasteiger partial charge >= 0.3 is 0 Å². The van der Waals surface area contributed by atoms with Gasteiger partial charge in [-0.05, 0) is 23.9 Å². The first kappa shape index (κ1) is 14.0. The van der Waals surface area contributed by atoms with Crippen molar-refractivity contribution in [3.05, 3.63) is 5.28 Å². The number of halogens is 1. The van der Waals surface area contributed by atoms with E-state index < -0.39 is 0 Å². The summed E-state index contributed by atoms with van der Waals surface area (Å²) in [6, 6.07) is 0. The predicted octanol–water partition coefficient (Wildman–Crippen LogP) is 2.07. The van der Waals surface area contributed by atoms with Crippen LogP contribution in [0.15, 0.2) is 0 Å². The van der Waals surface area contributed by atoms with Crippen LogP contribution in [-0.2, 0) is 0 Å². The lowest BCUT2D eigenvalue weighted by Gasteiger charge is -2.19. The van der Waals surface area contributed by atoms with Gasteiger partial charge in [0.15, 0.2) is 0 Å². The molecule has 0 unspecified atom stereocenters. The number of hydrogen-bond acceptors (Lipinski definition) is 5. The van der Waals surface area contributed by atoms with Crippen LogP contribution in [0.4, 0.5) is 11.9 Å². The van der Waals surface area contributed by atoms with E-state index in [4.69, 9.17) is 11.6 Å². The highest BCUT2D eigenvalue weighted by Gasteiger charge is 2.10. The van der Waals surface area contributed by atoms with E-state index in [1.807, 2.05) is 30.9 Å². The first-order valence-corrected chi connectivity index (χ1v) is 6.08. The highest BCUT2D eigenvalue weighted by atomic mass is 35.5. The van der Waals surface area contributed by atoms with E-state index in [1.54, 1.807) is 0 Å². The summed E-state index contributed by atoms with van der Waals surface area (Å²) in [7, 11) is 5.72. The second-order valence-corrected chi connectivity index (χ2v) is 5.04. The van der Waals surface area contributed by atoms with Crippen molar-refractivity contribution in [1.29, 1.82) is 0 Å². The minimum Gasteiger partial charge on any atom is -0.347 e. The fourth-order valence-corrected chi connectivity index (χ4v) is 1.40. The van der Waals surface area contributed by atoms with Gasteiger partial charge in [-0.2, -0.15) is 15.0 Å². The Morgan fingerprint density at radius 1 is 1.06 bits per heavy atom. The summed E-state index contributed by atoms with van der Waals surface area (Å²) in [6.07, 6.45) is 1.09. The SMILES string of the molecule is CC(C)CCN(C)c1nc(Cl)nc(N(C)C)n1. The van der Waals surface area contributed by atoms with Crippen LogP contribution >= 0.6 is 11.6 Å². The molecule has 0 spiro atoms. The molecule has 0 aliphatic rings. The maximum absolute atomic E-state index is 5.89. The van der Waals surface area contributed by atoms with Gasteiger partial charge < -0.3 is 9.80 Å². The third-order valence-corrected chi connectivity index (χ3v) is 2.54. The lowest BCUT2D eigenvalue weighted by atomic mass is 10.1. The van der Waals surface area contributed by atoms with E-state index in [2.05, 4.69) is 28.8 Å². The van der Waals surface area contributed by atoms with Crippen LogP contribution in [0.5, 0.6) is 0 Å². The molecule has 0 bridgehead atoms. The number of rotatable bonds is 5. The summed E-state index contributed by atoms with van der Waals surface area (Å²) in [5.74, 6) is 1.86. The van der Waals surface area contributed by atoms with Crippen molar-refractivity contribution >= 4 is 23.5 Å². The van der Waals surface area contributed by atoms with Gasteiger partial charge in [-0.15, -0.1) is 0 Å². The molecule has 96 valence electrons. The highest BCUT2D eigenvalue weighted by molar-refractivity contribution is 6.28. The molecule has 0 aliphatic carbocycles. The summed E-state index contributed by atoms with van der Waals surface area (Å²) in [4.78, 5) is 16.4. The topological polar surface area (TPSA) is 45.2 Å². The van der Waals surface area contributed by atoms with Gasteiger partial charge in [0, 0.05) is 27.7 Å². The number of nitrogens with zero attached hydrogens (tertiary/aromatic N) is 5. The summed E-state index contributed by atoms with van der Waals surface area (Å²) in [6.45, 7) is 5.30. The van der Waals surface area contributed by atoms with Crippen molar-refractivity contribution in [2.45, 2.75) is 20.3 Å². The van der Waals surface area contributed by atoms with Crippen LogP contribution in [0.1, 0.15) is 20.3 Å². The Hall–Kier alpha value is -1.10. The van der Waals surface area contributed by atoms with Crippen molar-refractivity contribution in [1.82, 2.24) is 15.0 Å². The van der Waals surface area contributed by atoms with E-state index in [1.165, 1.54) is 0 Å². The second kappa shape index (κ2) is 6.00. The molecule has 5 nitrogen and oxygen atoms in total. The zero-order valence-corrected chi connectivity index (χ0v) is 11.9. The van der Waals surface area contributed by atoms with Gasteiger partial charge in [0.05, 0.1) is 0 Å². The summed E-state index contributed by atoms with van der Waals surface area (Å²) < 4.78 is 0. The molecule has 0 aliphatic heterocycles. The molecular weight excluding hydrogens is 238 g/mol. The minimum atomic E-state index is 0.232. The van der Waals surface area contributed by atoms with Gasteiger partial charge in [0.1, 0.15) is 0 Å². The van der Waals surface area contributed by atoms with Crippen LogP contribution in [0.3, 0.4) is 0 Å². The Morgan fingerprint density at radius 2 is 1.65 bits per heavy atom. The second-order valence-electron chi connectivity index (χ2n) is 4.70. The van der Waals surface area contributed by atoms with Gasteiger partial charge in [0.2, 0.25) is 17.2 Å². The van der Waals surface area contributed by atoms with Crippen LogP contribution in [0.25, 0.3) is 0 Å². The molecule has 1 aromatic rings. The molecule has 0 saturated heterocycles. The smallest absolute Gasteiger partial charge is 0.231 e. The predicted molar refractivity (Wildman–Crippen MR) is 71.9 cm³/mol. The molecule has 0 N–H and O–H groups in total. The average Bonchev–Trinajstić information content (AvgIpc) is 2.24. The lowest BCUT2D eigenvalue weighted by molar-refractivity contribution is 0.581. The first-order valence-electron chi connectivity index (χ1n) is 5.70. The monoisotopic (exact) mass is 257 g/mol. The molecule has 0 aromatic carbocycles. The molecule has 1 heterocycles. The number of hydrogen-bond donors (Lipinski definition) is 0. The third kappa shape index (κ3) is 4.34. The molecule has 1 rings (SSSR count). The van der Waals surface area contributed by atoms with E-state index >= 15 is 0 Å². The quantitative estimate of drug-likeness (QED) is 0.808. The van der Waals surface area contributed by atoms with Crippen molar-refractivity contribution < 1.29 is 0 Å². The highest BCUT2D eigenvalue weighted by Crippen LogP contribution is 2.15. The number of anilines is 2. The molecule has 0 fully saturated rings. The Kier molecular flexibility index (Phi) is 4.93. The zero-order valence-electron chi connectivity index (χ0n) is 11.1. The Bertz CT molecular complexity index is 367. The fraction of sp³-hybridized carbons (Fsp3) is 0.727. The first-order chi connectivity index (χ1) is 7.90. The summed E-state index contributed by atoms with van der Waals surface area (Å²) in [5, 5.41) is 0.232. The molecular formula is C11H20ClN5. The molecule has 0 amide bonds. The minimum absolute atomic E-state index is 0.232. The van der Waals surface area contributed by atoms with Gasteiger partial charge in [0.25, 0.3) is 0 Å². The number of aromatic nitrogens is 3. The largest absolute Gasteiger partial charge is 0.347 e. The Morgan fingerprint density at radius 3 is 2.18 bits per heavy atom. The van der Waals surface area contributed by atoms with Gasteiger partial charge in [-0.1, -0.05) is 13.8 Å². The molecule has 0 atom stereocenters. The molecule has 1 aromatic heterocycles. The van der Waals surface area contributed by atoms with Crippen molar-refractivity contribution in [3.63, 3.8) is 0 Å². The van der Waals surface area contributed by atoms with E-state index in [9.17, 15) is 0 Å². The maximum atomic E-state index is 5.89. The molecule has 0 radical (unpaired) electrons. The Balaban J connectivity index is 2.82. The molecule has 17 heavy (non-hydrogen) atoms. The Labute approximate surface area is 108 Å². The van der Waals surface area contributed by atoms with Crippen LogP contribution in [-0.4, -0.2) is 42.6 Å². The van der Waals surface area contributed by atoms with Gasteiger partial charge in [-0.25, -0.2) is 0 Å². The zero-order chi connectivity index (χ0) is 13.0. The van der Waals surface area contributed by atoms with Crippen LogP contribution in [0.2, 0.25) is 5.28 Å². The van der Waals surface area contributed by atoms with Crippen molar-refractivity contribution in [2.24, 2.45) is 5.92 Å². The van der Waals surface area contributed by atoms with Crippen molar-refractivity contribution in [2.75, 3.05) is 37.5 Å². The average molecular weight is 258 g/mol. The normalized spacial score (nSPS) is 10.8. The van der Waals surface area contributed by atoms with E-state index in [0.29, 0.717) is 17.8 Å². The summed E-state index contributed by atoms with van der Waals surface area (Å²) >= 11 is 5.89. The van der Waals surface area contributed by atoms with Crippen LogP contribution < -0.4 is 9.80 Å². The van der Waals surface area contributed by atoms with Crippen molar-refractivity contribution in [3.8, 4) is 0 Å². The van der Waals surface area contributed by atoms with E-state index in [-0.39, 0.29) is 5.28 Å². The molecule has 6 heteroatoms. The lowest BCUT2D eigenvalue weighted by Crippen LogP contribution is -2.24. The fourth-order valence-electron chi connectivity index (χ4n) is 1.25. The third-order valence-electron chi connectivity index (χ3n) is 2.37. The van der Waals surface area contributed by atoms with Crippen LogP contribution in [0, 0.1) is 5.92 Å². The van der Waals surface area contributed by atoms with E-state index in [0.717, 1.165) is 13.0 Å².